The Morgan fingerprint density at radius 3 is 2.52 bits per heavy atom. The van der Waals surface area contributed by atoms with Crippen LogP contribution in [-0.2, 0) is 0 Å². The first-order chi connectivity index (χ1) is 10.2. The van der Waals surface area contributed by atoms with E-state index in [0.717, 1.165) is 11.3 Å². The summed E-state index contributed by atoms with van der Waals surface area (Å²) in [6.45, 7) is 2.33. The van der Waals surface area contributed by atoms with Crippen molar-refractivity contribution >= 4 is 11.8 Å². The average Bonchev–Trinajstić information content (AvgIpc) is 2.52. The van der Waals surface area contributed by atoms with Crippen molar-refractivity contribution in [2.45, 2.75) is 17.9 Å². The van der Waals surface area contributed by atoms with E-state index in [2.05, 4.69) is 12.1 Å². The molecule has 1 atom stereocenters. The number of benzene rings is 2. The topological polar surface area (TPSA) is 38.7 Å². The van der Waals surface area contributed by atoms with Crippen LogP contribution in [0.2, 0.25) is 0 Å². The lowest BCUT2D eigenvalue weighted by Crippen LogP contribution is -2.02. The molecular formula is C17H20O3S. The Kier molecular flexibility index (Phi) is 5.96. The monoisotopic (exact) mass is 304 g/mol. The van der Waals surface area contributed by atoms with Gasteiger partial charge in [-0.1, -0.05) is 24.3 Å². The van der Waals surface area contributed by atoms with Crippen molar-refractivity contribution in [2.24, 2.45) is 0 Å². The molecule has 21 heavy (non-hydrogen) atoms. The fourth-order valence-electron chi connectivity index (χ4n) is 1.89. The van der Waals surface area contributed by atoms with Crippen LogP contribution in [0.3, 0.4) is 0 Å². The maximum atomic E-state index is 9.58. The molecule has 0 saturated heterocycles. The lowest BCUT2D eigenvalue weighted by atomic mass is 10.1. The summed E-state index contributed by atoms with van der Waals surface area (Å²) in [4.78, 5) is 1.23. The molecule has 2 rings (SSSR count). The maximum absolute atomic E-state index is 9.58. The third-order valence-corrected chi connectivity index (χ3v) is 4.00. The van der Waals surface area contributed by atoms with Gasteiger partial charge in [0.25, 0.3) is 0 Å². The standard InChI is InChI=1S/C17H20O3S/c1-13(18)14-8-9-16(17(12-14)19-2)20-10-11-21-15-6-4-3-5-7-15/h3-9,12-13,18H,10-11H2,1-2H3/t13-/m1/s1. The van der Waals surface area contributed by atoms with Crippen molar-refractivity contribution in [3.63, 3.8) is 0 Å². The van der Waals surface area contributed by atoms with Crippen LogP contribution in [0.15, 0.2) is 53.4 Å². The van der Waals surface area contributed by atoms with E-state index >= 15 is 0 Å². The van der Waals surface area contributed by atoms with E-state index in [1.807, 2.05) is 36.4 Å². The molecule has 0 amide bonds. The Balaban J connectivity index is 1.88. The van der Waals surface area contributed by atoms with Gasteiger partial charge in [-0.25, -0.2) is 0 Å². The van der Waals surface area contributed by atoms with Crippen LogP contribution in [0.4, 0.5) is 0 Å². The smallest absolute Gasteiger partial charge is 0.161 e. The minimum absolute atomic E-state index is 0.512. The van der Waals surface area contributed by atoms with Gasteiger partial charge in [0.05, 0.1) is 19.8 Å². The summed E-state index contributed by atoms with van der Waals surface area (Å²) in [5.41, 5.74) is 0.817. The van der Waals surface area contributed by atoms with Gasteiger partial charge in [0, 0.05) is 10.6 Å². The summed E-state index contributed by atoms with van der Waals surface area (Å²) in [7, 11) is 1.60. The molecule has 1 N–H and O–H groups in total. The first-order valence-electron chi connectivity index (χ1n) is 6.87. The van der Waals surface area contributed by atoms with Crippen LogP contribution < -0.4 is 9.47 Å². The Morgan fingerprint density at radius 2 is 1.86 bits per heavy atom. The number of methoxy groups -OCH3 is 1. The van der Waals surface area contributed by atoms with Gasteiger partial charge in [0.15, 0.2) is 11.5 Å². The van der Waals surface area contributed by atoms with Crippen molar-refractivity contribution in [1.82, 2.24) is 0 Å². The predicted octanol–water partition coefficient (Wildman–Crippen LogP) is 3.92. The zero-order chi connectivity index (χ0) is 15.1. The zero-order valence-corrected chi connectivity index (χ0v) is 13.1. The van der Waals surface area contributed by atoms with Gasteiger partial charge in [-0.05, 0) is 36.8 Å². The molecule has 0 fully saturated rings. The van der Waals surface area contributed by atoms with Crippen LogP contribution in [-0.4, -0.2) is 24.6 Å². The van der Waals surface area contributed by atoms with Crippen molar-refractivity contribution < 1.29 is 14.6 Å². The summed E-state index contributed by atoms with van der Waals surface area (Å²) >= 11 is 1.76. The number of aliphatic hydroxyl groups excluding tert-OH is 1. The van der Waals surface area contributed by atoms with E-state index in [4.69, 9.17) is 9.47 Å². The molecule has 0 unspecified atom stereocenters. The number of rotatable bonds is 7. The average molecular weight is 304 g/mol. The van der Waals surface area contributed by atoms with E-state index < -0.39 is 6.10 Å². The Bertz CT molecular complexity index is 555. The first kappa shape index (κ1) is 15.7. The molecule has 112 valence electrons. The van der Waals surface area contributed by atoms with E-state index in [9.17, 15) is 5.11 Å². The molecule has 4 heteroatoms. The fourth-order valence-corrected chi connectivity index (χ4v) is 2.64. The molecule has 0 aliphatic heterocycles. The second kappa shape index (κ2) is 7.96. The summed E-state index contributed by atoms with van der Waals surface area (Å²) < 4.78 is 11.1. The molecule has 0 heterocycles. The molecule has 2 aromatic rings. The van der Waals surface area contributed by atoms with Gasteiger partial charge in [0.2, 0.25) is 0 Å². The van der Waals surface area contributed by atoms with Crippen LogP contribution in [0, 0.1) is 0 Å². The summed E-state index contributed by atoms with van der Waals surface area (Å²) in [5.74, 6) is 2.22. The highest BCUT2D eigenvalue weighted by Gasteiger charge is 2.08. The van der Waals surface area contributed by atoms with Gasteiger partial charge in [-0.2, -0.15) is 0 Å². The van der Waals surface area contributed by atoms with Crippen molar-refractivity contribution in [3.8, 4) is 11.5 Å². The minimum Gasteiger partial charge on any atom is -0.493 e. The van der Waals surface area contributed by atoms with Crippen molar-refractivity contribution in [2.75, 3.05) is 19.5 Å². The highest BCUT2D eigenvalue weighted by Crippen LogP contribution is 2.30. The van der Waals surface area contributed by atoms with Gasteiger partial charge < -0.3 is 14.6 Å². The van der Waals surface area contributed by atoms with Crippen LogP contribution in [0.1, 0.15) is 18.6 Å². The first-order valence-corrected chi connectivity index (χ1v) is 7.86. The second-order valence-electron chi connectivity index (χ2n) is 4.60. The maximum Gasteiger partial charge on any atom is 0.161 e. The van der Waals surface area contributed by atoms with Crippen molar-refractivity contribution in [1.29, 1.82) is 0 Å². The molecule has 0 saturated carbocycles. The Morgan fingerprint density at radius 1 is 1.10 bits per heavy atom. The molecule has 0 spiro atoms. The van der Waals surface area contributed by atoms with Gasteiger partial charge in [0.1, 0.15) is 0 Å². The van der Waals surface area contributed by atoms with E-state index in [1.54, 1.807) is 25.8 Å². The molecule has 2 aromatic carbocycles. The number of thioether (sulfide) groups is 1. The third kappa shape index (κ3) is 4.69. The fraction of sp³-hybridized carbons (Fsp3) is 0.294. The van der Waals surface area contributed by atoms with E-state index in [1.165, 1.54) is 4.90 Å². The highest BCUT2D eigenvalue weighted by atomic mass is 32.2. The largest absolute Gasteiger partial charge is 0.493 e. The minimum atomic E-state index is -0.512. The molecule has 0 aliphatic carbocycles. The lowest BCUT2D eigenvalue weighted by molar-refractivity contribution is 0.198. The number of aliphatic hydroxyl groups is 1. The molecule has 0 radical (unpaired) electrons. The molecule has 3 nitrogen and oxygen atoms in total. The Hall–Kier alpha value is -1.65. The normalized spacial score (nSPS) is 12.0. The molecule has 0 aliphatic rings. The van der Waals surface area contributed by atoms with E-state index in [0.29, 0.717) is 18.1 Å². The van der Waals surface area contributed by atoms with E-state index in [-0.39, 0.29) is 0 Å². The summed E-state index contributed by atoms with van der Waals surface area (Å²) in [6, 6.07) is 15.7. The summed E-state index contributed by atoms with van der Waals surface area (Å²) in [6.07, 6.45) is -0.512. The molecule has 0 aromatic heterocycles. The van der Waals surface area contributed by atoms with Crippen LogP contribution in [0.5, 0.6) is 11.5 Å². The third-order valence-electron chi connectivity index (χ3n) is 3.02. The molecular weight excluding hydrogens is 284 g/mol. The SMILES string of the molecule is COc1cc([C@@H](C)O)ccc1OCCSc1ccccc1. The number of hydrogen-bond acceptors (Lipinski definition) is 4. The second-order valence-corrected chi connectivity index (χ2v) is 5.76. The predicted molar refractivity (Wildman–Crippen MR) is 86.3 cm³/mol. The highest BCUT2D eigenvalue weighted by molar-refractivity contribution is 7.99. The molecule has 0 bridgehead atoms. The van der Waals surface area contributed by atoms with Gasteiger partial charge in [-0.3, -0.25) is 0 Å². The van der Waals surface area contributed by atoms with Gasteiger partial charge >= 0.3 is 0 Å². The van der Waals surface area contributed by atoms with Crippen LogP contribution >= 0.6 is 11.8 Å². The van der Waals surface area contributed by atoms with Crippen LogP contribution in [0.25, 0.3) is 0 Å². The van der Waals surface area contributed by atoms with Crippen molar-refractivity contribution in [3.05, 3.63) is 54.1 Å². The summed E-state index contributed by atoms with van der Waals surface area (Å²) in [5, 5.41) is 9.58. The quantitative estimate of drug-likeness (QED) is 0.621. The van der Waals surface area contributed by atoms with Gasteiger partial charge in [-0.15, -0.1) is 11.8 Å². The number of hydrogen-bond donors (Lipinski definition) is 1. The zero-order valence-electron chi connectivity index (χ0n) is 12.3. The lowest BCUT2D eigenvalue weighted by Gasteiger charge is -2.13. The Labute approximate surface area is 129 Å². The number of ether oxygens (including phenoxy) is 2.